The second kappa shape index (κ2) is 6.04. The van der Waals surface area contributed by atoms with Crippen LogP contribution in [0, 0.1) is 11.8 Å². The van der Waals surface area contributed by atoms with Gasteiger partial charge in [-0.3, -0.25) is 0 Å². The quantitative estimate of drug-likeness (QED) is 0.932. The first-order chi connectivity index (χ1) is 9.36. The Bertz CT molecular complexity index is 556. The molecule has 1 aliphatic carbocycles. The Labute approximate surface area is 126 Å². The standard InChI is InChI=1S/C15H22ClNO2S/c1-10-8-11(2)15(14(9-10)17-3)20(18,19)13-6-4-12(16)5-7-13/h4-7,10-11,14-15,17H,8-9H2,1-3H3. The van der Waals surface area contributed by atoms with Crippen LogP contribution in [0.25, 0.3) is 0 Å². The van der Waals surface area contributed by atoms with E-state index in [-0.39, 0.29) is 17.2 Å². The summed E-state index contributed by atoms with van der Waals surface area (Å²) in [6.45, 7) is 4.23. The molecule has 1 aromatic rings. The van der Waals surface area contributed by atoms with Gasteiger partial charge in [-0.05, 0) is 56.0 Å². The number of hydrogen-bond acceptors (Lipinski definition) is 3. The first-order valence-electron chi connectivity index (χ1n) is 7.03. The highest BCUT2D eigenvalue weighted by Crippen LogP contribution is 2.36. The van der Waals surface area contributed by atoms with Gasteiger partial charge in [-0.15, -0.1) is 0 Å². The molecule has 1 N–H and O–H groups in total. The highest BCUT2D eigenvalue weighted by Gasteiger charge is 2.42. The van der Waals surface area contributed by atoms with Gasteiger partial charge in [-0.25, -0.2) is 8.42 Å². The molecule has 0 amide bonds. The zero-order chi connectivity index (χ0) is 14.9. The molecule has 0 aromatic heterocycles. The fourth-order valence-electron chi connectivity index (χ4n) is 3.41. The van der Waals surface area contributed by atoms with Crippen LogP contribution in [0.3, 0.4) is 0 Å². The number of rotatable bonds is 3. The van der Waals surface area contributed by atoms with Gasteiger partial charge >= 0.3 is 0 Å². The topological polar surface area (TPSA) is 46.2 Å². The van der Waals surface area contributed by atoms with E-state index < -0.39 is 9.84 Å². The van der Waals surface area contributed by atoms with E-state index >= 15 is 0 Å². The van der Waals surface area contributed by atoms with E-state index in [0.717, 1.165) is 12.8 Å². The Morgan fingerprint density at radius 3 is 2.30 bits per heavy atom. The van der Waals surface area contributed by atoms with Gasteiger partial charge in [-0.2, -0.15) is 0 Å². The molecule has 0 radical (unpaired) electrons. The van der Waals surface area contributed by atoms with Gasteiger partial charge in [0.2, 0.25) is 0 Å². The lowest BCUT2D eigenvalue weighted by atomic mass is 9.80. The minimum atomic E-state index is -3.33. The lowest BCUT2D eigenvalue weighted by Gasteiger charge is -2.39. The van der Waals surface area contributed by atoms with Crippen LogP contribution in [0.5, 0.6) is 0 Å². The number of benzene rings is 1. The number of sulfone groups is 1. The van der Waals surface area contributed by atoms with E-state index in [4.69, 9.17) is 11.6 Å². The van der Waals surface area contributed by atoms with E-state index in [1.165, 1.54) is 0 Å². The van der Waals surface area contributed by atoms with Crippen LogP contribution in [0.15, 0.2) is 29.2 Å². The molecule has 0 aliphatic heterocycles. The van der Waals surface area contributed by atoms with Gasteiger partial charge < -0.3 is 5.32 Å². The average Bonchev–Trinajstić information content (AvgIpc) is 2.37. The lowest BCUT2D eigenvalue weighted by Crippen LogP contribution is -2.50. The molecule has 3 nitrogen and oxygen atoms in total. The van der Waals surface area contributed by atoms with Crippen LogP contribution >= 0.6 is 11.6 Å². The van der Waals surface area contributed by atoms with Crippen LogP contribution in [0.2, 0.25) is 5.02 Å². The van der Waals surface area contributed by atoms with Gasteiger partial charge in [0.15, 0.2) is 9.84 Å². The molecule has 4 unspecified atom stereocenters. The predicted octanol–water partition coefficient (Wildman–Crippen LogP) is 3.14. The van der Waals surface area contributed by atoms with E-state index in [0.29, 0.717) is 15.8 Å². The lowest BCUT2D eigenvalue weighted by molar-refractivity contribution is 0.249. The maximum atomic E-state index is 12.9. The minimum absolute atomic E-state index is 0.00873. The molecule has 0 bridgehead atoms. The molecule has 1 aromatic carbocycles. The van der Waals surface area contributed by atoms with Crippen molar-refractivity contribution in [1.82, 2.24) is 5.32 Å². The van der Waals surface area contributed by atoms with Gasteiger partial charge in [0, 0.05) is 11.1 Å². The Morgan fingerprint density at radius 1 is 1.15 bits per heavy atom. The Kier molecular flexibility index (Phi) is 4.77. The van der Waals surface area contributed by atoms with Crippen molar-refractivity contribution >= 4 is 21.4 Å². The number of halogens is 1. The summed E-state index contributed by atoms with van der Waals surface area (Å²) < 4.78 is 25.8. The normalized spacial score (nSPS) is 31.2. The van der Waals surface area contributed by atoms with Crippen LogP contribution in [-0.2, 0) is 9.84 Å². The summed E-state index contributed by atoms with van der Waals surface area (Å²) in [5, 5.41) is 3.38. The summed E-state index contributed by atoms with van der Waals surface area (Å²) in [5.74, 6) is 0.705. The van der Waals surface area contributed by atoms with Gasteiger partial charge in [0.05, 0.1) is 10.1 Å². The van der Waals surface area contributed by atoms with Crippen molar-refractivity contribution in [2.24, 2.45) is 11.8 Å². The van der Waals surface area contributed by atoms with Crippen molar-refractivity contribution < 1.29 is 8.42 Å². The van der Waals surface area contributed by atoms with Crippen molar-refractivity contribution in [3.8, 4) is 0 Å². The first kappa shape index (κ1) is 15.8. The molecule has 1 fully saturated rings. The van der Waals surface area contributed by atoms with Crippen molar-refractivity contribution in [3.63, 3.8) is 0 Å². The second-order valence-electron chi connectivity index (χ2n) is 5.91. The molecule has 112 valence electrons. The van der Waals surface area contributed by atoms with Gasteiger partial charge in [-0.1, -0.05) is 25.4 Å². The third-order valence-corrected chi connectivity index (χ3v) is 6.95. The number of nitrogens with one attached hydrogen (secondary N) is 1. The average molecular weight is 316 g/mol. The monoisotopic (exact) mass is 315 g/mol. The van der Waals surface area contributed by atoms with E-state index in [2.05, 4.69) is 12.2 Å². The van der Waals surface area contributed by atoms with Crippen molar-refractivity contribution in [3.05, 3.63) is 29.3 Å². The zero-order valence-electron chi connectivity index (χ0n) is 12.1. The highest BCUT2D eigenvalue weighted by molar-refractivity contribution is 7.92. The molecular formula is C15H22ClNO2S. The predicted molar refractivity (Wildman–Crippen MR) is 82.8 cm³/mol. The molecule has 2 rings (SSSR count). The van der Waals surface area contributed by atoms with Crippen LogP contribution in [-0.4, -0.2) is 26.8 Å². The van der Waals surface area contributed by atoms with Gasteiger partial charge in [0.25, 0.3) is 0 Å². The molecule has 5 heteroatoms. The maximum absolute atomic E-state index is 12.9. The third kappa shape index (κ3) is 3.02. The maximum Gasteiger partial charge on any atom is 0.183 e. The van der Waals surface area contributed by atoms with Crippen LogP contribution in [0.4, 0.5) is 0 Å². The fraction of sp³-hybridized carbons (Fsp3) is 0.600. The van der Waals surface area contributed by atoms with Crippen LogP contribution in [0.1, 0.15) is 26.7 Å². The largest absolute Gasteiger partial charge is 0.316 e. The first-order valence-corrected chi connectivity index (χ1v) is 8.95. The van der Waals surface area contributed by atoms with Crippen molar-refractivity contribution in [2.75, 3.05) is 7.05 Å². The second-order valence-corrected chi connectivity index (χ2v) is 8.45. The molecule has 0 saturated heterocycles. The zero-order valence-corrected chi connectivity index (χ0v) is 13.7. The Balaban J connectivity index is 2.38. The molecule has 4 atom stereocenters. The summed E-state index contributed by atoms with van der Waals surface area (Å²) in [5.41, 5.74) is 0. The van der Waals surface area contributed by atoms with E-state index in [1.54, 1.807) is 24.3 Å². The van der Waals surface area contributed by atoms with E-state index in [9.17, 15) is 8.42 Å². The third-order valence-electron chi connectivity index (χ3n) is 4.26. The Morgan fingerprint density at radius 2 is 1.75 bits per heavy atom. The van der Waals surface area contributed by atoms with Crippen LogP contribution < -0.4 is 5.32 Å². The molecule has 1 aliphatic rings. The summed E-state index contributed by atoms with van der Waals surface area (Å²) in [7, 11) is -1.49. The van der Waals surface area contributed by atoms with Crippen molar-refractivity contribution in [1.29, 1.82) is 0 Å². The highest BCUT2D eigenvalue weighted by atomic mass is 35.5. The smallest absolute Gasteiger partial charge is 0.183 e. The van der Waals surface area contributed by atoms with Crippen molar-refractivity contribution in [2.45, 2.75) is 42.9 Å². The molecular weight excluding hydrogens is 294 g/mol. The summed E-state index contributed by atoms with van der Waals surface area (Å²) in [6, 6.07) is 6.50. The minimum Gasteiger partial charge on any atom is -0.316 e. The van der Waals surface area contributed by atoms with E-state index in [1.807, 2.05) is 14.0 Å². The summed E-state index contributed by atoms with van der Waals surface area (Å²) in [4.78, 5) is 0.369. The number of hydrogen-bond donors (Lipinski definition) is 1. The molecule has 1 saturated carbocycles. The Hall–Kier alpha value is -0.580. The fourth-order valence-corrected chi connectivity index (χ4v) is 5.77. The SMILES string of the molecule is CNC1CC(C)CC(C)C1S(=O)(=O)c1ccc(Cl)cc1. The molecule has 20 heavy (non-hydrogen) atoms. The summed E-state index contributed by atoms with van der Waals surface area (Å²) >= 11 is 5.84. The molecule has 0 spiro atoms. The van der Waals surface area contributed by atoms with Gasteiger partial charge in [0.1, 0.15) is 0 Å². The summed E-state index contributed by atoms with van der Waals surface area (Å²) in [6.07, 6.45) is 1.86. The molecule has 0 heterocycles.